The molecule has 0 aliphatic heterocycles. The van der Waals surface area contributed by atoms with Crippen LogP contribution in [0.1, 0.15) is 44.1 Å². The molecule has 1 aromatic heterocycles. The predicted molar refractivity (Wildman–Crippen MR) is 78.0 cm³/mol. The molecule has 1 aliphatic rings. The second kappa shape index (κ2) is 6.74. The van der Waals surface area contributed by atoms with Gasteiger partial charge in [-0.25, -0.2) is 13.1 Å². The molecule has 0 bridgehead atoms. The van der Waals surface area contributed by atoms with Crippen LogP contribution in [-0.2, 0) is 16.6 Å². The second-order valence-electron chi connectivity index (χ2n) is 5.44. The summed E-state index contributed by atoms with van der Waals surface area (Å²) in [5.41, 5.74) is 0. The van der Waals surface area contributed by atoms with Crippen LogP contribution >= 0.6 is 0 Å². The summed E-state index contributed by atoms with van der Waals surface area (Å²) in [4.78, 5) is 0.265. The first kappa shape index (κ1) is 15.5. The zero-order valence-corrected chi connectivity index (χ0v) is 13.1. The fourth-order valence-corrected chi connectivity index (χ4v) is 3.40. The van der Waals surface area contributed by atoms with Gasteiger partial charge in [0.05, 0.1) is 6.54 Å². The molecule has 1 aromatic rings. The number of rotatable bonds is 9. The van der Waals surface area contributed by atoms with Crippen molar-refractivity contribution in [1.29, 1.82) is 0 Å². The maximum absolute atomic E-state index is 12.2. The van der Waals surface area contributed by atoms with E-state index >= 15 is 0 Å². The maximum Gasteiger partial charge on any atom is 0.244 e. The van der Waals surface area contributed by atoms with Crippen molar-refractivity contribution >= 4 is 10.0 Å². The van der Waals surface area contributed by atoms with E-state index in [0.29, 0.717) is 24.6 Å². The van der Waals surface area contributed by atoms with E-state index in [4.69, 9.17) is 4.42 Å². The summed E-state index contributed by atoms with van der Waals surface area (Å²) in [5.74, 6) is 1.84. The Kier molecular flexibility index (Phi) is 5.23. The molecule has 5 nitrogen and oxygen atoms in total. The third kappa shape index (κ3) is 4.33. The van der Waals surface area contributed by atoms with Gasteiger partial charge < -0.3 is 9.73 Å². The number of furan rings is 1. The molecule has 0 saturated heterocycles. The van der Waals surface area contributed by atoms with Gasteiger partial charge in [-0.1, -0.05) is 19.8 Å². The molecule has 1 heterocycles. The first-order valence-corrected chi connectivity index (χ1v) is 8.81. The van der Waals surface area contributed by atoms with Crippen LogP contribution in [0, 0.1) is 12.8 Å². The van der Waals surface area contributed by atoms with Crippen LogP contribution in [0.5, 0.6) is 0 Å². The Morgan fingerprint density at radius 2 is 2.10 bits per heavy atom. The first-order chi connectivity index (χ1) is 9.53. The van der Waals surface area contributed by atoms with Gasteiger partial charge in [-0.15, -0.1) is 0 Å². The maximum atomic E-state index is 12.2. The van der Waals surface area contributed by atoms with Crippen LogP contribution in [-0.4, -0.2) is 21.5 Å². The standard InChI is InChI=1S/C14H24N2O3S/c1-3-7-15-10-13-9-14(11(2)19-13)20(17,18)16-8-6-12-4-5-12/h9,12,15-16H,3-8,10H2,1-2H3. The Labute approximate surface area is 121 Å². The predicted octanol–water partition coefficient (Wildman–Crippen LogP) is 2.17. The molecule has 0 amide bonds. The molecular weight excluding hydrogens is 276 g/mol. The zero-order chi connectivity index (χ0) is 14.6. The lowest BCUT2D eigenvalue weighted by Crippen LogP contribution is -2.25. The number of nitrogens with one attached hydrogen (secondary N) is 2. The van der Waals surface area contributed by atoms with E-state index in [1.165, 1.54) is 12.8 Å². The smallest absolute Gasteiger partial charge is 0.244 e. The van der Waals surface area contributed by atoms with E-state index in [2.05, 4.69) is 17.0 Å². The van der Waals surface area contributed by atoms with Gasteiger partial charge >= 0.3 is 0 Å². The molecule has 0 atom stereocenters. The van der Waals surface area contributed by atoms with Gasteiger partial charge in [0.1, 0.15) is 16.4 Å². The summed E-state index contributed by atoms with van der Waals surface area (Å²) in [5, 5.41) is 3.20. The molecular formula is C14H24N2O3S. The number of hydrogen-bond acceptors (Lipinski definition) is 4. The fourth-order valence-electron chi connectivity index (χ4n) is 2.15. The lowest BCUT2D eigenvalue weighted by atomic mass is 10.3. The molecule has 2 rings (SSSR count). The first-order valence-electron chi connectivity index (χ1n) is 7.32. The van der Waals surface area contributed by atoms with Crippen molar-refractivity contribution in [1.82, 2.24) is 10.0 Å². The highest BCUT2D eigenvalue weighted by molar-refractivity contribution is 7.89. The second-order valence-corrected chi connectivity index (χ2v) is 7.18. The normalized spacial score (nSPS) is 15.7. The van der Waals surface area contributed by atoms with Crippen LogP contribution < -0.4 is 10.0 Å². The van der Waals surface area contributed by atoms with Crippen LogP contribution in [0.4, 0.5) is 0 Å². The molecule has 6 heteroatoms. The topological polar surface area (TPSA) is 71.3 Å². The highest BCUT2D eigenvalue weighted by atomic mass is 32.2. The van der Waals surface area contributed by atoms with Gasteiger partial charge in [0.2, 0.25) is 10.0 Å². The Morgan fingerprint density at radius 3 is 2.75 bits per heavy atom. The Bertz CT molecular complexity index is 533. The summed E-state index contributed by atoms with van der Waals surface area (Å²) in [6.07, 6.45) is 4.44. The van der Waals surface area contributed by atoms with E-state index in [0.717, 1.165) is 25.3 Å². The fraction of sp³-hybridized carbons (Fsp3) is 0.714. The number of hydrogen-bond donors (Lipinski definition) is 2. The Morgan fingerprint density at radius 1 is 1.35 bits per heavy atom. The summed E-state index contributed by atoms with van der Waals surface area (Å²) < 4.78 is 32.6. The quantitative estimate of drug-likeness (QED) is 0.686. The van der Waals surface area contributed by atoms with Crippen molar-refractivity contribution in [3.05, 3.63) is 17.6 Å². The summed E-state index contributed by atoms with van der Waals surface area (Å²) in [6, 6.07) is 1.62. The van der Waals surface area contributed by atoms with Gasteiger partial charge in [-0.3, -0.25) is 0 Å². The average molecular weight is 300 g/mol. The molecule has 20 heavy (non-hydrogen) atoms. The summed E-state index contributed by atoms with van der Waals surface area (Å²) in [6.45, 7) is 5.74. The minimum Gasteiger partial charge on any atom is -0.464 e. The zero-order valence-electron chi connectivity index (χ0n) is 12.2. The van der Waals surface area contributed by atoms with E-state index in [1.807, 2.05) is 0 Å². The van der Waals surface area contributed by atoms with Gasteiger partial charge in [0, 0.05) is 12.6 Å². The SMILES string of the molecule is CCCNCc1cc(S(=O)(=O)NCCC2CC2)c(C)o1. The van der Waals surface area contributed by atoms with E-state index in [9.17, 15) is 8.42 Å². The number of sulfonamides is 1. The molecule has 1 fully saturated rings. The third-order valence-corrected chi connectivity index (χ3v) is 5.05. The minimum absolute atomic E-state index is 0.265. The van der Waals surface area contributed by atoms with Gasteiger partial charge in [0.15, 0.2) is 0 Å². The van der Waals surface area contributed by atoms with E-state index in [-0.39, 0.29) is 4.90 Å². The Balaban J connectivity index is 1.94. The van der Waals surface area contributed by atoms with Gasteiger partial charge in [0.25, 0.3) is 0 Å². The molecule has 1 aliphatic carbocycles. The largest absolute Gasteiger partial charge is 0.464 e. The van der Waals surface area contributed by atoms with Crippen molar-refractivity contribution in [2.45, 2.75) is 51.0 Å². The molecule has 1 saturated carbocycles. The lowest BCUT2D eigenvalue weighted by Gasteiger charge is -2.04. The number of aryl methyl sites for hydroxylation is 1. The van der Waals surface area contributed by atoms with Crippen LogP contribution in [0.2, 0.25) is 0 Å². The highest BCUT2D eigenvalue weighted by Crippen LogP contribution is 2.32. The molecule has 0 radical (unpaired) electrons. The molecule has 0 spiro atoms. The summed E-state index contributed by atoms with van der Waals surface area (Å²) >= 11 is 0. The molecule has 0 unspecified atom stereocenters. The van der Waals surface area contributed by atoms with Crippen molar-refractivity contribution in [3.8, 4) is 0 Å². The van der Waals surface area contributed by atoms with E-state index in [1.54, 1.807) is 13.0 Å². The van der Waals surface area contributed by atoms with Crippen LogP contribution in [0.3, 0.4) is 0 Å². The minimum atomic E-state index is -3.44. The van der Waals surface area contributed by atoms with Crippen LogP contribution in [0.25, 0.3) is 0 Å². The van der Waals surface area contributed by atoms with Crippen molar-refractivity contribution in [3.63, 3.8) is 0 Å². The molecule has 114 valence electrons. The lowest BCUT2D eigenvalue weighted by molar-refractivity contribution is 0.457. The van der Waals surface area contributed by atoms with Crippen molar-refractivity contribution < 1.29 is 12.8 Å². The van der Waals surface area contributed by atoms with Crippen molar-refractivity contribution in [2.24, 2.45) is 5.92 Å². The molecule has 0 aromatic carbocycles. The van der Waals surface area contributed by atoms with Crippen LogP contribution in [0.15, 0.2) is 15.4 Å². The average Bonchev–Trinajstić information content (AvgIpc) is 3.12. The van der Waals surface area contributed by atoms with Gasteiger partial charge in [-0.05, 0) is 32.2 Å². The highest BCUT2D eigenvalue weighted by Gasteiger charge is 2.24. The van der Waals surface area contributed by atoms with Crippen molar-refractivity contribution in [2.75, 3.05) is 13.1 Å². The van der Waals surface area contributed by atoms with E-state index < -0.39 is 10.0 Å². The molecule has 2 N–H and O–H groups in total. The Hall–Kier alpha value is -0.850. The third-order valence-electron chi connectivity index (χ3n) is 3.48. The van der Waals surface area contributed by atoms with Gasteiger partial charge in [-0.2, -0.15) is 0 Å². The monoisotopic (exact) mass is 300 g/mol. The summed E-state index contributed by atoms with van der Waals surface area (Å²) in [7, 11) is -3.44.